The number of rotatable bonds is 4. The molecule has 4 heteroatoms. The van der Waals surface area contributed by atoms with Gasteiger partial charge in [-0.1, -0.05) is 6.92 Å². The molecule has 2 atom stereocenters. The molecule has 1 fully saturated rings. The lowest BCUT2D eigenvalue weighted by Crippen LogP contribution is -2.36. The lowest BCUT2D eigenvalue weighted by atomic mass is 10.1. The van der Waals surface area contributed by atoms with Gasteiger partial charge in [-0.25, -0.2) is 0 Å². The van der Waals surface area contributed by atoms with Gasteiger partial charge in [0.25, 0.3) is 0 Å². The molecule has 14 heavy (non-hydrogen) atoms. The van der Waals surface area contributed by atoms with E-state index in [0.29, 0.717) is 12.5 Å². The minimum atomic E-state index is -0.0668. The molecule has 0 aliphatic carbocycles. The van der Waals surface area contributed by atoms with E-state index in [9.17, 15) is 4.79 Å². The van der Waals surface area contributed by atoms with Crippen LogP contribution in [0.2, 0.25) is 0 Å². The predicted molar refractivity (Wildman–Crippen MR) is 54.6 cm³/mol. The minimum absolute atomic E-state index is 0.0668. The van der Waals surface area contributed by atoms with Gasteiger partial charge in [0.15, 0.2) is 0 Å². The van der Waals surface area contributed by atoms with Crippen LogP contribution in [-0.4, -0.2) is 42.2 Å². The topological polar surface area (TPSA) is 66.6 Å². The van der Waals surface area contributed by atoms with Crippen molar-refractivity contribution in [2.45, 2.75) is 19.8 Å². The lowest BCUT2D eigenvalue weighted by molar-refractivity contribution is -0.133. The Morgan fingerprint density at radius 3 is 3.00 bits per heavy atom. The van der Waals surface area contributed by atoms with Crippen molar-refractivity contribution >= 4 is 5.91 Å². The molecule has 1 aliphatic rings. The first kappa shape index (κ1) is 11.5. The fraction of sp³-hybridized carbons (Fsp3) is 0.900. The van der Waals surface area contributed by atoms with Crippen LogP contribution in [0.25, 0.3) is 0 Å². The lowest BCUT2D eigenvalue weighted by Gasteiger charge is -2.19. The largest absolute Gasteiger partial charge is 0.396 e. The zero-order valence-corrected chi connectivity index (χ0v) is 8.78. The van der Waals surface area contributed by atoms with E-state index in [1.54, 1.807) is 0 Å². The molecule has 0 aromatic heterocycles. The number of nitrogens with two attached hydrogens (primary N) is 1. The Hall–Kier alpha value is -0.610. The highest BCUT2D eigenvalue weighted by Crippen LogP contribution is 2.20. The van der Waals surface area contributed by atoms with Crippen LogP contribution in [0.5, 0.6) is 0 Å². The smallest absolute Gasteiger partial charge is 0.226 e. The standard InChI is InChI=1S/C10H20N2O2/c1-8(6-11)10(14)12-4-2-9(7-12)3-5-13/h8-9,13H,2-7,11H2,1H3. The van der Waals surface area contributed by atoms with E-state index in [1.165, 1.54) is 0 Å². The Balaban J connectivity index is 2.37. The average Bonchev–Trinajstić information content (AvgIpc) is 2.64. The van der Waals surface area contributed by atoms with E-state index in [2.05, 4.69) is 0 Å². The summed E-state index contributed by atoms with van der Waals surface area (Å²) in [7, 11) is 0. The molecule has 3 N–H and O–H groups in total. The Bertz CT molecular complexity index is 197. The molecule has 2 unspecified atom stereocenters. The Labute approximate surface area is 85.1 Å². The highest BCUT2D eigenvalue weighted by Gasteiger charge is 2.27. The van der Waals surface area contributed by atoms with E-state index in [1.807, 2.05) is 11.8 Å². The van der Waals surface area contributed by atoms with Crippen molar-refractivity contribution in [3.63, 3.8) is 0 Å². The van der Waals surface area contributed by atoms with Crippen molar-refractivity contribution in [2.75, 3.05) is 26.2 Å². The maximum absolute atomic E-state index is 11.7. The molecule has 1 aliphatic heterocycles. The molecule has 0 saturated carbocycles. The summed E-state index contributed by atoms with van der Waals surface area (Å²) in [5, 5.41) is 8.78. The molecule has 0 aromatic carbocycles. The molecule has 1 amide bonds. The van der Waals surface area contributed by atoms with Crippen molar-refractivity contribution in [3.8, 4) is 0 Å². The highest BCUT2D eigenvalue weighted by atomic mass is 16.3. The normalized spacial score (nSPS) is 23.9. The molecule has 4 nitrogen and oxygen atoms in total. The number of aliphatic hydroxyl groups excluding tert-OH is 1. The average molecular weight is 200 g/mol. The van der Waals surface area contributed by atoms with Crippen molar-refractivity contribution in [1.29, 1.82) is 0 Å². The summed E-state index contributed by atoms with van der Waals surface area (Å²) in [6, 6.07) is 0. The first-order chi connectivity index (χ1) is 6.69. The summed E-state index contributed by atoms with van der Waals surface area (Å²) in [5.74, 6) is 0.574. The van der Waals surface area contributed by atoms with Crippen LogP contribution < -0.4 is 5.73 Å². The zero-order valence-electron chi connectivity index (χ0n) is 8.78. The molecular formula is C10H20N2O2. The number of carbonyl (C=O) groups is 1. The fourth-order valence-corrected chi connectivity index (χ4v) is 1.86. The Morgan fingerprint density at radius 2 is 2.43 bits per heavy atom. The van der Waals surface area contributed by atoms with E-state index in [0.717, 1.165) is 25.9 Å². The molecule has 1 saturated heterocycles. The molecule has 1 heterocycles. The van der Waals surface area contributed by atoms with Gasteiger partial charge in [0.05, 0.1) is 0 Å². The zero-order chi connectivity index (χ0) is 10.6. The summed E-state index contributed by atoms with van der Waals surface area (Å²) >= 11 is 0. The molecular weight excluding hydrogens is 180 g/mol. The van der Waals surface area contributed by atoms with Gasteiger partial charge in [-0.05, 0) is 18.8 Å². The van der Waals surface area contributed by atoms with Crippen LogP contribution in [0.15, 0.2) is 0 Å². The first-order valence-electron chi connectivity index (χ1n) is 5.28. The van der Waals surface area contributed by atoms with E-state index >= 15 is 0 Å². The number of amides is 1. The number of nitrogens with zero attached hydrogens (tertiary/aromatic N) is 1. The number of carbonyl (C=O) groups excluding carboxylic acids is 1. The molecule has 1 rings (SSSR count). The summed E-state index contributed by atoms with van der Waals surface area (Å²) in [5.41, 5.74) is 5.45. The second-order valence-electron chi connectivity index (χ2n) is 4.09. The number of hydrogen-bond acceptors (Lipinski definition) is 3. The van der Waals surface area contributed by atoms with Gasteiger partial charge in [-0.15, -0.1) is 0 Å². The molecule has 82 valence electrons. The van der Waals surface area contributed by atoms with Crippen LogP contribution in [0.3, 0.4) is 0 Å². The highest BCUT2D eigenvalue weighted by molar-refractivity contribution is 5.78. The third-order valence-corrected chi connectivity index (χ3v) is 2.91. The molecule has 0 radical (unpaired) electrons. The third kappa shape index (κ3) is 2.69. The second kappa shape index (κ2) is 5.32. The van der Waals surface area contributed by atoms with Crippen LogP contribution in [0.1, 0.15) is 19.8 Å². The van der Waals surface area contributed by atoms with Crippen LogP contribution in [0, 0.1) is 11.8 Å². The van der Waals surface area contributed by atoms with Gasteiger partial charge in [0.2, 0.25) is 5.91 Å². The van der Waals surface area contributed by atoms with Crippen molar-refractivity contribution in [2.24, 2.45) is 17.6 Å². The number of likely N-dealkylation sites (tertiary alicyclic amines) is 1. The van der Waals surface area contributed by atoms with Gasteiger partial charge in [0, 0.05) is 32.2 Å². The van der Waals surface area contributed by atoms with Crippen molar-refractivity contribution < 1.29 is 9.90 Å². The summed E-state index contributed by atoms with van der Waals surface area (Å²) in [4.78, 5) is 13.6. The van der Waals surface area contributed by atoms with Gasteiger partial charge in [0.1, 0.15) is 0 Å². The maximum atomic E-state index is 11.7. The van der Waals surface area contributed by atoms with E-state index < -0.39 is 0 Å². The summed E-state index contributed by atoms with van der Waals surface area (Å²) in [6.07, 6.45) is 1.82. The van der Waals surface area contributed by atoms with Gasteiger partial charge in [-0.3, -0.25) is 4.79 Å². The molecule has 0 bridgehead atoms. The van der Waals surface area contributed by atoms with Crippen molar-refractivity contribution in [3.05, 3.63) is 0 Å². The second-order valence-corrected chi connectivity index (χ2v) is 4.09. The quantitative estimate of drug-likeness (QED) is 0.661. The molecule has 0 spiro atoms. The van der Waals surface area contributed by atoms with E-state index in [4.69, 9.17) is 10.8 Å². The van der Waals surface area contributed by atoms with Crippen molar-refractivity contribution in [1.82, 2.24) is 4.90 Å². The minimum Gasteiger partial charge on any atom is -0.396 e. The SMILES string of the molecule is CC(CN)C(=O)N1CCC(CCO)C1. The predicted octanol–water partition coefficient (Wildman–Crippen LogP) is -0.188. The third-order valence-electron chi connectivity index (χ3n) is 2.91. The van der Waals surface area contributed by atoms with Gasteiger partial charge >= 0.3 is 0 Å². The first-order valence-corrected chi connectivity index (χ1v) is 5.28. The van der Waals surface area contributed by atoms with Crippen LogP contribution in [-0.2, 0) is 4.79 Å². The van der Waals surface area contributed by atoms with E-state index in [-0.39, 0.29) is 18.4 Å². The Morgan fingerprint density at radius 1 is 1.71 bits per heavy atom. The van der Waals surface area contributed by atoms with Crippen LogP contribution in [0.4, 0.5) is 0 Å². The summed E-state index contributed by atoms with van der Waals surface area (Å²) in [6.45, 7) is 4.12. The van der Waals surface area contributed by atoms with Crippen LogP contribution >= 0.6 is 0 Å². The number of aliphatic hydroxyl groups is 1. The maximum Gasteiger partial charge on any atom is 0.226 e. The number of hydrogen-bond donors (Lipinski definition) is 2. The fourth-order valence-electron chi connectivity index (χ4n) is 1.86. The Kier molecular flexibility index (Phi) is 4.35. The van der Waals surface area contributed by atoms with Gasteiger partial charge in [-0.2, -0.15) is 0 Å². The monoisotopic (exact) mass is 200 g/mol. The van der Waals surface area contributed by atoms with Gasteiger partial charge < -0.3 is 15.7 Å². The summed E-state index contributed by atoms with van der Waals surface area (Å²) < 4.78 is 0. The molecule has 0 aromatic rings.